The SMILES string of the molecule is CCCCCCCc1ccc(N=COc2ccccc2)cc1. The third kappa shape index (κ3) is 6.13. The maximum absolute atomic E-state index is 5.45. The topological polar surface area (TPSA) is 21.6 Å². The van der Waals surface area contributed by atoms with Crippen molar-refractivity contribution in [2.24, 2.45) is 4.99 Å². The molecular weight excluding hydrogens is 270 g/mol. The molecule has 0 bridgehead atoms. The number of aryl methyl sites for hydroxylation is 1. The van der Waals surface area contributed by atoms with Gasteiger partial charge in [0.15, 0.2) is 6.40 Å². The summed E-state index contributed by atoms with van der Waals surface area (Å²) in [5.74, 6) is 0.801. The van der Waals surface area contributed by atoms with Crippen molar-refractivity contribution in [3.63, 3.8) is 0 Å². The number of unbranched alkanes of at least 4 members (excludes halogenated alkanes) is 4. The fraction of sp³-hybridized carbons (Fsp3) is 0.350. The molecule has 0 saturated heterocycles. The van der Waals surface area contributed by atoms with Gasteiger partial charge in [-0.1, -0.05) is 62.9 Å². The number of aliphatic imine (C=N–C) groups is 1. The van der Waals surface area contributed by atoms with Gasteiger partial charge in [-0.3, -0.25) is 0 Å². The van der Waals surface area contributed by atoms with E-state index in [0.29, 0.717) is 0 Å². The van der Waals surface area contributed by atoms with Crippen molar-refractivity contribution in [1.29, 1.82) is 0 Å². The van der Waals surface area contributed by atoms with Crippen LogP contribution in [0.4, 0.5) is 5.69 Å². The first-order chi connectivity index (χ1) is 10.9. The second-order valence-electron chi connectivity index (χ2n) is 5.50. The molecule has 2 rings (SSSR count). The molecule has 2 heteroatoms. The van der Waals surface area contributed by atoms with Crippen LogP contribution in [0.25, 0.3) is 0 Å². The first kappa shape index (κ1) is 16.3. The van der Waals surface area contributed by atoms with E-state index >= 15 is 0 Å². The third-order valence-corrected chi connectivity index (χ3v) is 3.64. The first-order valence-electron chi connectivity index (χ1n) is 8.21. The minimum absolute atomic E-state index is 0.801. The van der Waals surface area contributed by atoms with Crippen LogP contribution in [0.15, 0.2) is 59.6 Å². The van der Waals surface area contributed by atoms with E-state index in [1.807, 2.05) is 42.5 Å². The highest BCUT2D eigenvalue weighted by atomic mass is 16.5. The van der Waals surface area contributed by atoms with E-state index in [0.717, 1.165) is 17.9 Å². The fourth-order valence-corrected chi connectivity index (χ4v) is 2.33. The molecule has 2 nitrogen and oxygen atoms in total. The predicted molar refractivity (Wildman–Crippen MR) is 94.1 cm³/mol. The number of hydrogen-bond donors (Lipinski definition) is 0. The molecule has 0 radical (unpaired) electrons. The largest absolute Gasteiger partial charge is 0.446 e. The zero-order chi connectivity index (χ0) is 15.5. The highest BCUT2D eigenvalue weighted by Crippen LogP contribution is 2.15. The number of nitrogens with zero attached hydrogens (tertiary/aromatic N) is 1. The molecule has 0 aliphatic rings. The van der Waals surface area contributed by atoms with Crippen LogP contribution in [0.3, 0.4) is 0 Å². The Hall–Kier alpha value is -2.09. The molecule has 0 saturated carbocycles. The van der Waals surface area contributed by atoms with Gasteiger partial charge in [0.05, 0.1) is 5.69 Å². The van der Waals surface area contributed by atoms with Gasteiger partial charge < -0.3 is 4.74 Å². The van der Waals surface area contributed by atoms with Crippen LogP contribution in [-0.2, 0) is 6.42 Å². The second kappa shape index (κ2) is 9.78. The van der Waals surface area contributed by atoms with Gasteiger partial charge in [0.2, 0.25) is 0 Å². The van der Waals surface area contributed by atoms with E-state index in [4.69, 9.17) is 4.74 Å². The van der Waals surface area contributed by atoms with Gasteiger partial charge in [0, 0.05) is 0 Å². The molecule has 22 heavy (non-hydrogen) atoms. The Bertz CT molecular complexity index is 546. The van der Waals surface area contributed by atoms with Crippen molar-refractivity contribution < 1.29 is 4.74 Å². The van der Waals surface area contributed by atoms with Crippen molar-refractivity contribution in [3.8, 4) is 5.75 Å². The van der Waals surface area contributed by atoms with Crippen molar-refractivity contribution in [1.82, 2.24) is 0 Å². The van der Waals surface area contributed by atoms with Crippen LogP contribution in [0.5, 0.6) is 5.75 Å². The standard InChI is InChI=1S/C20H25NO/c1-2-3-4-5-7-10-18-13-15-19(16-14-18)21-17-22-20-11-8-6-9-12-20/h6,8-9,11-17H,2-5,7,10H2,1H3. The Morgan fingerprint density at radius 2 is 1.59 bits per heavy atom. The van der Waals surface area contributed by atoms with Crippen LogP contribution >= 0.6 is 0 Å². The van der Waals surface area contributed by atoms with Gasteiger partial charge in [-0.25, -0.2) is 4.99 Å². The highest BCUT2D eigenvalue weighted by Gasteiger charge is 1.95. The van der Waals surface area contributed by atoms with Gasteiger partial charge in [0.1, 0.15) is 5.75 Å². The number of para-hydroxylation sites is 1. The van der Waals surface area contributed by atoms with Crippen molar-refractivity contribution >= 4 is 12.1 Å². The van der Waals surface area contributed by atoms with Gasteiger partial charge in [-0.05, 0) is 42.7 Å². The Morgan fingerprint density at radius 1 is 0.864 bits per heavy atom. The minimum Gasteiger partial charge on any atom is -0.446 e. The summed E-state index contributed by atoms with van der Waals surface area (Å²) in [6.07, 6.45) is 9.28. The predicted octanol–water partition coefficient (Wildman–Crippen LogP) is 5.94. The molecule has 0 atom stereocenters. The third-order valence-electron chi connectivity index (χ3n) is 3.64. The van der Waals surface area contributed by atoms with Crippen LogP contribution in [0, 0.1) is 0 Å². The molecule has 0 aliphatic heterocycles. The summed E-state index contributed by atoms with van der Waals surface area (Å²) in [5, 5.41) is 0. The molecule has 0 fully saturated rings. The van der Waals surface area contributed by atoms with Crippen LogP contribution < -0.4 is 4.74 Å². The highest BCUT2D eigenvalue weighted by molar-refractivity contribution is 5.58. The Balaban J connectivity index is 1.74. The average Bonchev–Trinajstić information content (AvgIpc) is 2.57. The van der Waals surface area contributed by atoms with E-state index in [1.54, 1.807) is 0 Å². The summed E-state index contributed by atoms with van der Waals surface area (Å²) < 4.78 is 5.45. The first-order valence-corrected chi connectivity index (χ1v) is 8.21. The molecule has 0 N–H and O–H groups in total. The maximum Gasteiger partial charge on any atom is 0.181 e. The summed E-state index contributed by atoms with van der Waals surface area (Å²) in [4.78, 5) is 4.32. The molecule has 116 valence electrons. The Kier molecular flexibility index (Phi) is 7.24. The smallest absolute Gasteiger partial charge is 0.181 e. The summed E-state index contributed by atoms with van der Waals surface area (Å²) in [6.45, 7) is 2.25. The summed E-state index contributed by atoms with van der Waals surface area (Å²) in [5.41, 5.74) is 2.31. The molecule has 2 aromatic carbocycles. The maximum atomic E-state index is 5.45. The quantitative estimate of drug-likeness (QED) is 0.319. The van der Waals surface area contributed by atoms with Crippen molar-refractivity contribution in [2.45, 2.75) is 45.4 Å². The number of ether oxygens (including phenoxy) is 1. The molecule has 0 unspecified atom stereocenters. The molecule has 0 heterocycles. The monoisotopic (exact) mass is 295 g/mol. The number of benzene rings is 2. The van der Waals surface area contributed by atoms with Crippen LogP contribution in [0.2, 0.25) is 0 Å². The Morgan fingerprint density at radius 3 is 2.32 bits per heavy atom. The number of rotatable bonds is 9. The van der Waals surface area contributed by atoms with Crippen LogP contribution in [-0.4, -0.2) is 6.40 Å². The zero-order valence-corrected chi connectivity index (χ0v) is 13.4. The minimum atomic E-state index is 0.801. The summed E-state index contributed by atoms with van der Waals surface area (Å²) in [6, 6.07) is 18.1. The van der Waals surface area contributed by atoms with Crippen molar-refractivity contribution in [2.75, 3.05) is 0 Å². The van der Waals surface area contributed by atoms with Crippen LogP contribution in [0.1, 0.15) is 44.6 Å². The molecule has 0 amide bonds. The second-order valence-corrected chi connectivity index (χ2v) is 5.50. The fourth-order valence-electron chi connectivity index (χ4n) is 2.33. The van der Waals surface area contributed by atoms with E-state index in [1.165, 1.54) is 44.1 Å². The Labute approximate surface area is 133 Å². The number of hydrogen-bond acceptors (Lipinski definition) is 2. The summed E-state index contributed by atoms with van der Waals surface area (Å²) in [7, 11) is 0. The molecule has 0 aromatic heterocycles. The normalized spacial score (nSPS) is 11.0. The molecule has 2 aromatic rings. The van der Waals surface area contributed by atoms with E-state index in [-0.39, 0.29) is 0 Å². The molecule has 0 spiro atoms. The van der Waals surface area contributed by atoms with Gasteiger partial charge in [-0.2, -0.15) is 0 Å². The van der Waals surface area contributed by atoms with E-state index < -0.39 is 0 Å². The lowest BCUT2D eigenvalue weighted by Gasteiger charge is -2.02. The van der Waals surface area contributed by atoms with Gasteiger partial charge in [-0.15, -0.1) is 0 Å². The van der Waals surface area contributed by atoms with E-state index in [9.17, 15) is 0 Å². The summed E-state index contributed by atoms with van der Waals surface area (Å²) >= 11 is 0. The lowest BCUT2D eigenvalue weighted by Crippen LogP contribution is -1.88. The zero-order valence-electron chi connectivity index (χ0n) is 13.4. The van der Waals surface area contributed by atoms with E-state index in [2.05, 4.69) is 24.0 Å². The lowest BCUT2D eigenvalue weighted by atomic mass is 10.1. The molecule has 0 aliphatic carbocycles. The molecular formula is C20H25NO. The van der Waals surface area contributed by atoms with Gasteiger partial charge in [0.25, 0.3) is 0 Å². The van der Waals surface area contributed by atoms with Gasteiger partial charge >= 0.3 is 0 Å². The van der Waals surface area contributed by atoms with Crippen molar-refractivity contribution in [3.05, 3.63) is 60.2 Å². The average molecular weight is 295 g/mol. The lowest BCUT2D eigenvalue weighted by molar-refractivity contribution is 0.574.